The minimum absolute atomic E-state index is 0.00661. The van der Waals surface area contributed by atoms with Gasteiger partial charge in [0.1, 0.15) is 0 Å². The summed E-state index contributed by atoms with van der Waals surface area (Å²) in [4.78, 5) is 12.4. The Bertz CT molecular complexity index is 626. The van der Waals surface area contributed by atoms with Crippen LogP contribution < -0.4 is 0 Å². The molecule has 0 aromatic carbocycles. The number of hydrogen-bond donors (Lipinski definition) is 1. The number of ether oxygens (including phenoxy) is 2. The first-order valence-corrected chi connectivity index (χ1v) is 10.5. The van der Waals surface area contributed by atoms with Crippen molar-refractivity contribution in [3.8, 4) is 0 Å². The molecule has 1 heterocycles. The molecule has 1 saturated heterocycles. The highest BCUT2D eigenvalue weighted by atomic mass is 16.7. The van der Waals surface area contributed by atoms with Gasteiger partial charge >= 0.3 is 5.97 Å². The maximum atomic E-state index is 12.4. The third kappa shape index (κ3) is 2.24. The average molecular weight is 365 g/mol. The van der Waals surface area contributed by atoms with Crippen LogP contribution in [0.4, 0.5) is 0 Å². The van der Waals surface area contributed by atoms with Crippen LogP contribution in [0.1, 0.15) is 86.5 Å². The number of esters is 1. The van der Waals surface area contributed by atoms with E-state index in [1.165, 1.54) is 0 Å². The molecule has 6 atom stereocenters. The van der Waals surface area contributed by atoms with Gasteiger partial charge in [0, 0.05) is 19.3 Å². The quantitative estimate of drug-likeness (QED) is 0.646. The van der Waals surface area contributed by atoms with E-state index in [0.717, 1.165) is 38.5 Å². The zero-order valence-electron chi connectivity index (χ0n) is 17.4. The van der Waals surface area contributed by atoms with E-state index >= 15 is 0 Å². The summed E-state index contributed by atoms with van der Waals surface area (Å²) in [6.45, 7) is 13.1. The number of aliphatic hydroxyl groups excluding tert-OH is 1. The Kier molecular flexibility index (Phi) is 3.79. The van der Waals surface area contributed by atoms with E-state index in [1.54, 1.807) is 0 Å². The molecule has 4 aliphatic rings. The number of rotatable bonds is 0. The molecule has 26 heavy (non-hydrogen) atoms. The Morgan fingerprint density at radius 2 is 1.58 bits per heavy atom. The molecule has 0 amide bonds. The fraction of sp³-hybridized carbons (Fsp3) is 0.955. The van der Waals surface area contributed by atoms with Crippen molar-refractivity contribution in [3.63, 3.8) is 0 Å². The summed E-state index contributed by atoms with van der Waals surface area (Å²) in [6, 6.07) is 0. The van der Waals surface area contributed by atoms with Gasteiger partial charge in [-0.05, 0) is 61.2 Å². The Morgan fingerprint density at radius 3 is 2.23 bits per heavy atom. The number of aliphatic hydroxyl groups is 1. The van der Waals surface area contributed by atoms with Crippen molar-refractivity contribution in [1.29, 1.82) is 0 Å². The van der Waals surface area contributed by atoms with Crippen LogP contribution in [-0.2, 0) is 14.3 Å². The zero-order valence-corrected chi connectivity index (χ0v) is 17.4. The van der Waals surface area contributed by atoms with Crippen molar-refractivity contribution in [2.75, 3.05) is 0 Å². The molecule has 1 aliphatic heterocycles. The van der Waals surface area contributed by atoms with Crippen LogP contribution in [0.25, 0.3) is 0 Å². The Labute approximate surface area is 158 Å². The number of hydrogen-bond acceptors (Lipinski definition) is 4. The first kappa shape index (κ1) is 18.7. The smallest absolute Gasteiger partial charge is 0.311 e. The fourth-order valence-corrected chi connectivity index (χ4v) is 7.93. The number of carbonyl (C=O) groups is 1. The van der Waals surface area contributed by atoms with E-state index < -0.39 is 11.4 Å². The summed E-state index contributed by atoms with van der Waals surface area (Å²) in [6.07, 6.45) is 6.36. The normalized spacial score (nSPS) is 52.3. The second-order valence-corrected chi connectivity index (χ2v) is 11.1. The number of fused-ring (bicyclic) bond motifs is 4. The molecule has 4 rings (SSSR count). The standard InChI is InChI=1S/C22H36O4/c1-18(2)14-7-11-21(6)15(20(14,5)10-9-16(18)23)8-12-22(21)13-17(24)25-19(3,4)26-22/h14-16,23H,7-13H2,1-6H3/t14-,15+,16-,20-,21+,22-/m0/s1. The SMILES string of the molecule is CC1(C)OC(=O)C[C@]2(CC[C@@H]3[C@@]4(C)CC[C@H](O)C(C)(C)[C@@H]4CC[C@]32C)O1. The maximum Gasteiger partial charge on any atom is 0.311 e. The lowest BCUT2D eigenvalue weighted by atomic mass is 9.42. The highest BCUT2D eigenvalue weighted by molar-refractivity contribution is 5.72. The lowest BCUT2D eigenvalue weighted by Crippen LogP contribution is -2.63. The Hall–Kier alpha value is -0.610. The lowest BCUT2D eigenvalue weighted by Gasteiger charge is -2.64. The molecular formula is C22H36O4. The minimum atomic E-state index is -0.840. The molecule has 4 heteroatoms. The van der Waals surface area contributed by atoms with Gasteiger partial charge in [0.15, 0.2) is 0 Å². The van der Waals surface area contributed by atoms with Gasteiger partial charge in [-0.25, -0.2) is 0 Å². The summed E-state index contributed by atoms with van der Waals surface area (Å²) in [5, 5.41) is 10.7. The molecule has 4 nitrogen and oxygen atoms in total. The highest BCUT2D eigenvalue weighted by Crippen LogP contribution is 2.72. The van der Waals surface area contributed by atoms with Crippen LogP contribution in [0.2, 0.25) is 0 Å². The van der Waals surface area contributed by atoms with E-state index in [4.69, 9.17) is 9.47 Å². The Morgan fingerprint density at radius 1 is 0.923 bits per heavy atom. The summed E-state index contributed by atoms with van der Waals surface area (Å²) >= 11 is 0. The molecule has 1 N–H and O–H groups in total. The van der Waals surface area contributed by atoms with E-state index in [0.29, 0.717) is 18.3 Å². The summed E-state index contributed by atoms with van der Waals surface area (Å²) in [7, 11) is 0. The van der Waals surface area contributed by atoms with Gasteiger partial charge in [0.2, 0.25) is 5.79 Å². The van der Waals surface area contributed by atoms with Crippen molar-refractivity contribution in [2.24, 2.45) is 28.1 Å². The van der Waals surface area contributed by atoms with Crippen molar-refractivity contribution in [3.05, 3.63) is 0 Å². The maximum absolute atomic E-state index is 12.4. The van der Waals surface area contributed by atoms with Crippen molar-refractivity contribution < 1.29 is 19.4 Å². The third-order valence-electron chi connectivity index (χ3n) is 9.14. The van der Waals surface area contributed by atoms with Gasteiger partial charge in [-0.15, -0.1) is 0 Å². The van der Waals surface area contributed by atoms with Gasteiger partial charge in [-0.1, -0.05) is 27.7 Å². The van der Waals surface area contributed by atoms with Gasteiger partial charge < -0.3 is 14.6 Å². The monoisotopic (exact) mass is 364 g/mol. The fourth-order valence-electron chi connectivity index (χ4n) is 7.93. The summed E-state index contributed by atoms with van der Waals surface area (Å²) < 4.78 is 12.0. The van der Waals surface area contributed by atoms with Crippen LogP contribution in [0.3, 0.4) is 0 Å². The van der Waals surface area contributed by atoms with E-state index in [9.17, 15) is 9.90 Å². The van der Waals surface area contributed by atoms with Crippen LogP contribution in [-0.4, -0.2) is 28.6 Å². The predicted molar refractivity (Wildman–Crippen MR) is 99.3 cm³/mol. The van der Waals surface area contributed by atoms with Gasteiger partial charge in [-0.2, -0.15) is 0 Å². The zero-order chi connectivity index (χ0) is 19.2. The van der Waals surface area contributed by atoms with Gasteiger partial charge in [-0.3, -0.25) is 4.79 Å². The van der Waals surface area contributed by atoms with E-state index in [-0.39, 0.29) is 28.3 Å². The minimum Gasteiger partial charge on any atom is -0.434 e. The number of carbonyl (C=O) groups excluding carboxylic acids is 1. The van der Waals surface area contributed by atoms with Gasteiger partial charge in [0.25, 0.3) is 0 Å². The van der Waals surface area contributed by atoms with Crippen LogP contribution in [0.5, 0.6) is 0 Å². The molecule has 0 aromatic rings. The molecule has 1 spiro atoms. The molecule has 0 aromatic heterocycles. The summed E-state index contributed by atoms with van der Waals surface area (Å²) in [5.41, 5.74) is -0.248. The number of cyclic esters (lactones) is 1. The van der Waals surface area contributed by atoms with E-state index in [1.807, 2.05) is 13.8 Å². The second-order valence-electron chi connectivity index (χ2n) is 11.1. The van der Waals surface area contributed by atoms with Crippen LogP contribution >= 0.6 is 0 Å². The second kappa shape index (κ2) is 5.26. The third-order valence-corrected chi connectivity index (χ3v) is 9.14. The lowest BCUT2D eigenvalue weighted by molar-refractivity contribution is -0.320. The molecule has 4 fully saturated rings. The topological polar surface area (TPSA) is 55.8 Å². The molecule has 0 radical (unpaired) electrons. The molecule has 148 valence electrons. The molecule has 3 saturated carbocycles. The van der Waals surface area contributed by atoms with E-state index in [2.05, 4.69) is 27.7 Å². The first-order valence-electron chi connectivity index (χ1n) is 10.5. The van der Waals surface area contributed by atoms with Gasteiger partial charge in [0.05, 0.1) is 18.1 Å². The summed E-state index contributed by atoms with van der Waals surface area (Å²) in [5.74, 6) is 0.0973. The highest BCUT2D eigenvalue weighted by Gasteiger charge is 2.70. The first-order chi connectivity index (χ1) is 11.9. The average Bonchev–Trinajstić information content (AvgIpc) is 2.75. The van der Waals surface area contributed by atoms with Crippen molar-refractivity contribution >= 4 is 5.97 Å². The van der Waals surface area contributed by atoms with Crippen molar-refractivity contribution in [2.45, 2.75) is 104 Å². The van der Waals surface area contributed by atoms with Crippen molar-refractivity contribution in [1.82, 2.24) is 0 Å². The largest absolute Gasteiger partial charge is 0.434 e. The Balaban J connectivity index is 1.73. The van der Waals surface area contributed by atoms with Crippen LogP contribution in [0, 0.1) is 28.1 Å². The molecule has 0 unspecified atom stereocenters. The molecule has 3 aliphatic carbocycles. The molecule has 0 bridgehead atoms. The molecular weight excluding hydrogens is 328 g/mol. The predicted octanol–water partition coefficient (Wildman–Crippen LogP) is 4.44. The van der Waals surface area contributed by atoms with Crippen LogP contribution in [0.15, 0.2) is 0 Å².